The maximum absolute atomic E-state index is 12.6. The van der Waals surface area contributed by atoms with E-state index in [2.05, 4.69) is 12.2 Å². The number of nitro benzene ring substituents is 2. The molecule has 2 amide bonds. The van der Waals surface area contributed by atoms with Crippen LogP contribution in [0.4, 0.5) is 11.4 Å². The number of nitrogens with one attached hydrogen (secondary N) is 1. The fourth-order valence-corrected chi connectivity index (χ4v) is 3.72. The molecular formula is C24H36N4O8. The van der Waals surface area contributed by atoms with Crippen molar-refractivity contribution in [2.24, 2.45) is 0 Å². The summed E-state index contributed by atoms with van der Waals surface area (Å²) >= 11 is 0. The average Bonchev–Trinajstić information content (AvgIpc) is 2.84. The average molecular weight is 509 g/mol. The summed E-state index contributed by atoms with van der Waals surface area (Å²) in [5.41, 5.74) is -1.30. The van der Waals surface area contributed by atoms with E-state index >= 15 is 0 Å². The molecule has 12 nitrogen and oxygen atoms in total. The number of nitro groups is 2. The summed E-state index contributed by atoms with van der Waals surface area (Å²) in [6.45, 7) is 2.35. The molecule has 1 unspecified atom stereocenters. The van der Waals surface area contributed by atoms with Crippen molar-refractivity contribution in [3.8, 4) is 0 Å². The number of amides is 2. The third-order valence-electron chi connectivity index (χ3n) is 5.79. The van der Waals surface area contributed by atoms with Crippen molar-refractivity contribution in [2.45, 2.75) is 83.6 Å². The van der Waals surface area contributed by atoms with Gasteiger partial charge in [0.15, 0.2) is 0 Å². The summed E-state index contributed by atoms with van der Waals surface area (Å²) in [7, 11) is 1.45. The van der Waals surface area contributed by atoms with Crippen LogP contribution < -0.4 is 5.32 Å². The van der Waals surface area contributed by atoms with Gasteiger partial charge in [-0.1, -0.05) is 45.4 Å². The lowest BCUT2D eigenvalue weighted by Gasteiger charge is -2.18. The molecule has 0 spiro atoms. The van der Waals surface area contributed by atoms with Crippen molar-refractivity contribution in [1.82, 2.24) is 10.2 Å². The quantitative estimate of drug-likeness (QED) is 0.166. The molecule has 0 aromatic heterocycles. The Bertz CT molecular complexity index is 889. The molecular weight excluding hydrogens is 472 g/mol. The fraction of sp³-hybridized carbons (Fsp3) is 0.625. The van der Waals surface area contributed by atoms with Crippen molar-refractivity contribution in [3.63, 3.8) is 0 Å². The lowest BCUT2D eigenvalue weighted by Crippen LogP contribution is -2.40. The highest BCUT2D eigenvalue weighted by atomic mass is 16.6. The summed E-state index contributed by atoms with van der Waals surface area (Å²) in [6, 6.07) is 1.72. The first-order valence-electron chi connectivity index (χ1n) is 12.3. The van der Waals surface area contributed by atoms with Gasteiger partial charge in [0, 0.05) is 32.1 Å². The van der Waals surface area contributed by atoms with Crippen LogP contribution in [-0.2, 0) is 9.59 Å². The van der Waals surface area contributed by atoms with E-state index < -0.39 is 39.1 Å². The molecule has 200 valence electrons. The zero-order chi connectivity index (χ0) is 27.1. The van der Waals surface area contributed by atoms with E-state index in [1.807, 2.05) is 0 Å². The third-order valence-corrected chi connectivity index (χ3v) is 5.79. The van der Waals surface area contributed by atoms with E-state index in [9.17, 15) is 39.7 Å². The van der Waals surface area contributed by atoms with Crippen LogP contribution in [0.5, 0.6) is 0 Å². The van der Waals surface area contributed by atoms with Crippen LogP contribution in [0.25, 0.3) is 0 Å². The molecule has 2 N–H and O–H groups in total. The first-order valence-corrected chi connectivity index (χ1v) is 12.3. The zero-order valence-corrected chi connectivity index (χ0v) is 20.9. The molecule has 36 heavy (non-hydrogen) atoms. The van der Waals surface area contributed by atoms with Crippen molar-refractivity contribution in [3.05, 3.63) is 44.0 Å². The Morgan fingerprint density at radius 3 is 2.00 bits per heavy atom. The smallest absolute Gasteiger partial charge is 0.326 e. The van der Waals surface area contributed by atoms with E-state index in [1.165, 1.54) is 31.2 Å². The molecule has 1 aromatic rings. The van der Waals surface area contributed by atoms with Gasteiger partial charge in [0.05, 0.1) is 21.5 Å². The lowest BCUT2D eigenvalue weighted by atomic mass is 10.1. The van der Waals surface area contributed by atoms with Gasteiger partial charge in [-0.15, -0.1) is 0 Å². The summed E-state index contributed by atoms with van der Waals surface area (Å²) in [6.07, 6.45) is 8.71. The second-order valence-electron chi connectivity index (χ2n) is 8.80. The summed E-state index contributed by atoms with van der Waals surface area (Å²) < 4.78 is 0. The highest BCUT2D eigenvalue weighted by Crippen LogP contribution is 2.23. The van der Waals surface area contributed by atoms with Gasteiger partial charge < -0.3 is 15.3 Å². The molecule has 1 rings (SSSR count). The number of benzene rings is 1. The second kappa shape index (κ2) is 16.2. The van der Waals surface area contributed by atoms with E-state index in [1.54, 1.807) is 0 Å². The Morgan fingerprint density at radius 2 is 1.47 bits per heavy atom. The normalized spacial score (nSPS) is 11.5. The fourth-order valence-electron chi connectivity index (χ4n) is 3.72. The largest absolute Gasteiger partial charge is 0.480 e. The van der Waals surface area contributed by atoms with Crippen LogP contribution in [0.3, 0.4) is 0 Å². The molecule has 1 aromatic carbocycles. The highest BCUT2D eigenvalue weighted by Gasteiger charge is 2.22. The van der Waals surface area contributed by atoms with Gasteiger partial charge in [0.25, 0.3) is 17.3 Å². The predicted octanol–water partition coefficient (Wildman–Crippen LogP) is 4.46. The minimum Gasteiger partial charge on any atom is -0.480 e. The van der Waals surface area contributed by atoms with Gasteiger partial charge in [-0.05, 0) is 25.7 Å². The Morgan fingerprint density at radius 1 is 0.917 bits per heavy atom. The number of aliphatic carboxylic acids is 1. The number of carbonyl (C=O) groups is 3. The van der Waals surface area contributed by atoms with Gasteiger partial charge >= 0.3 is 5.97 Å². The van der Waals surface area contributed by atoms with Gasteiger partial charge in [-0.3, -0.25) is 29.8 Å². The second-order valence-corrected chi connectivity index (χ2v) is 8.80. The standard InChI is InChI=1S/C24H36N4O8/c1-3-4-5-6-7-8-9-13-22(29)25-21(24(31)32)12-10-11-14-26(2)23(30)18-15-19(27(33)34)17-20(16-18)28(35)36/h15-17,21H,3-14H2,1-2H3,(H,25,29)(H,31,32). The van der Waals surface area contributed by atoms with Crippen LogP contribution in [0.2, 0.25) is 0 Å². The summed E-state index contributed by atoms with van der Waals surface area (Å²) in [5.74, 6) is -2.05. The molecule has 0 aliphatic heterocycles. The van der Waals surface area contributed by atoms with Crippen molar-refractivity contribution in [2.75, 3.05) is 13.6 Å². The first-order chi connectivity index (χ1) is 17.1. The topological polar surface area (TPSA) is 173 Å². The number of hydrogen-bond donors (Lipinski definition) is 2. The van der Waals surface area contributed by atoms with Crippen molar-refractivity contribution >= 4 is 29.2 Å². The van der Waals surface area contributed by atoms with Crippen LogP contribution in [0.1, 0.15) is 87.9 Å². The van der Waals surface area contributed by atoms with Gasteiger partial charge in [0.2, 0.25) is 5.91 Å². The minimum absolute atomic E-state index is 0.181. The maximum atomic E-state index is 12.6. The van der Waals surface area contributed by atoms with Gasteiger partial charge in [0.1, 0.15) is 6.04 Å². The van der Waals surface area contributed by atoms with E-state index in [0.29, 0.717) is 19.3 Å². The summed E-state index contributed by atoms with van der Waals surface area (Å²) in [4.78, 5) is 57.9. The molecule has 0 saturated heterocycles. The third kappa shape index (κ3) is 11.2. The number of hydrogen-bond acceptors (Lipinski definition) is 7. The molecule has 1 atom stereocenters. The maximum Gasteiger partial charge on any atom is 0.326 e. The van der Waals surface area contributed by atoms with E-state index in [-0.39, 0.29) is 30.9 Å². The number of carbonyl (C=O) groups excluding carboxylic acids is 2. The highest BCUT2D eigenvalue weighted by molar-refractivity contribution is 5.95. The Kier molecular flexibility index (Phi) is 13.7. The molecule has 0 bridgehead atoms. The van der Waals surface area contributed by atoms with E-state index in [0.717, 1.165) is 37.5 Å². The Labute approximate surface area is 210 Å². The molecule has 0 fully saturated rings. The lowest BCUT2D eigenvalue weighted by molar-refractivity contribution is -0.394. The number of carboxylic acids is 1. The first kappa shape index (κ1) is 30.5. The van der Waals surface area contributed by atoms with Gasteiger partial charge in [-0.2, -0.15) is 0 Å². The predicted molar refractivity (Wildman–Crippen MR) is 133 cm³/mol. The van der Waals surface area contributed by atoms with Crippen molar-refractivity contribution in [1.29, 1.82) is 0 Å². The number of rotatable bonds is 18. The molecule has 0 aliphatic rings. The summed E-state index contributed by atoms with van der Waals surface area (Å²) in [5, 5.41) is 34.0. The molecule has 0 heterocycles. The van der Waals surface area contributed by atoms with Crippen LogP contribution in [0, 0.1) is 20.2 Å². The Hall–Kier alpha value is -3.57. The number of non-ortho nitro benzene ring substituents is 2. The molecule has 12 heteroatoms. The molecule has 0 aliphatic carbocycles. The van der Waals surface area contributed by atoms with Crippen molar-refractivity contribution < 1.29 is 29.3 Å². The SMILES string of the molecule is CCCCCCCCCC(=O)NC(CCCCN(C)C(=O)c1cc([N+](=O)[O-])cc([N+](=O)[O-])c1)C(=O)O. The van der Waals surface area contributed by atoms with Crippen LogP contribution in [0.15, 0.2) is 18.2 Å². The zero-order valence-electron chi connectivity index (χ0n) is 20.9. The van der Waals surface area contributed by atoms with Crippen LogP contribution in [-0.4, -0.2) is 57.3 Å². The Balaban J connectivity index is 2.48. The number of carboxylic acid groups (broad SMARTS) is 1. The minimum atomic E-state index is -1.13. The molecule has 0 radical (unpaired) electrons. The van der Waals surface area contributed by atoms with E-state index in [4.69, 9.17) is 0 Å². The monoisotopic (exact) mass is 508 g/mol. The number of nitrogens with zero attached hydrogens (tertiary/aromatic N) is 3. The van der Waals surface area contributed by atoms with Crippen LogP contribution >= 0.6 is 0 Å². The number of unbranched alkanes of at least 4 members (excludes halogenated alkanes) is 7. The van der Waals surface area contributed by atoms with Gasteiger partial charge in [-0.25, -0.2) is 4.79 Å². The molecule has 0 saturated carbocycles.